The number of likely N-dealkylation sites (tertiary alicyclic amines) is 1. The molecule has 1 aromatic heterocycles. The first-order chi connectivity index (χ1) is 13.2. The number of rotatable bonds is 4. The van der Waals surface area contributed by atoms with Crippen LogP contribution in [0.25, 0.3) is 11.3 Å². The summed E-state index contributed by atoms with van der Waals surface area (Å²) in [4.78, 5) is 21.9. The minimum Gasteiger partial charge on any atom is -0.339 e. The number of halogens is 4. The molecule has 1 unspecified atom stereocenters. The van der Waals surface area contributed by atoms with Crippen LogP contribution in [0.4, 0.5) is 17.6 Å². The van der Waals surface area contributed by atoms with Crippen LogP contribution in [-0.2, 0) is 11.0 Å². The third kappa shape index (κ3) is 5.01. The van der Waals surface area contributed by atoms with Crippen molar-refractivity contribution >= 4 is 17.7 Å². The van der Waals surface area contributed by atoms with E-state index in [1.54, 1.807) is 4.90 Å². The van der Waals surface area contributed by atoms with Gasteiger partial charge in [0.1, 0.15) is 11.5 Å². The second kappa shape index (κ2) is 8.46. The van der Waals surface area contributed by atoms with E-state index < -0.39 is 17.7 Å². The molecule has 0 N–H and O–H groups in total. The molecular formula is C19H19F4N3OS. The smallest absolute Gasteiger partial charge is 0.339 e. The van der Waals surface area contributed by atoms with Crippen LogP contribution in [-0.4, -0.2) is 39.1 Å². The monoisotopic (exact) mass is 413 g/mol. The Morgan fingerprint density at radius 1 is 1.21 bits per heavy atom. The number of benzene rings is 1. The van der Waals surface area contributed by atoms with Crippen molar-refractivity contribution in [1.29, 1.82) is 0 Å². The molecule has 1 atom stereocenters. The van der Waals surface area contributed by atoms with Gasteiger partial charge in [0.2, 0.25) is 5.91 Å². The normalized spacial score (nSPS) is 17.6. The number of amides is 1. The van der Waals surface area contributed by atoms with E-state index in [0.717, 1.165) is 49.2 Å². The van der Waals surface area contributed by atoms with E-state index in [-0.39, 0.29) is 28.6 Å². The summed E-state index contributed by atoms with van der Waals surface area (Å²) in [6.45, 7) is 2.62. The maximum absolute atomic E-state index is 13.2. The molecule has 1 saturated heterocycles. The van der Waals surface area contributed by atoms with E-state index in [4.69, 9.17) is 0 Å². The summed E-state index contributed by atoms with van der Waals surface area (Å²) in [7, 11) is 0. The zero-order valence-corrected chi connectivity index (χ0v) is 16.0. The van der Waals surface area contributed by atoms with E-state index >= 15 is 0 Å². The predicted octanol–water partition coefficient (Wildman–Crippen LogP) is 4.79. The summed E-state index contributed by atoms with van der Waals surface area (Å²) < 4.78 is 52.8. The largest absolute Gasteiger partial charge is 0.433 e. The number of alkyl halides is 3. The summed E-state index contributed by atoms with van der Waals surface area (Å²) in [5, 5.41) is -0.132. The minimum absolute atomic E-state index is 0.0311. The third-order valence-electron chi connectivity index (χ3n) is 4.58. The van der Waals surface area contributed by atoms with Gasteiger partial charge in [0, 0.05) is 18.2 Å². The van der Waals surface area contributed by atoms with Crippen LogP contribution in [0.15, 0.2) is 35.5 Å². The van der Waals surface area contributed by atoms with Crippen LogP contribution in [0, 0.1) is 5.82 Å². The maximum atomic E-state index is 13.2. The summed E-state index contributed by atoms with van der Waals surface area (Å²) in [5.41, 5.74) is -0.723. The zero-order valence-electron chi connectivity index (χ0n) is 15.2. The number of hydrogen-bond donors (Lipinski definition) is 0. The first kappa shape index (κ1) is 20.6. The van der Waals surface area contributed by atoms with Gasteiger partial charge in [0.25, 0.3) is 0 Å². The number of piperidine rings is 1. The van der Waals surface area contributed by atoms with Crippen LogP contribution in [0.1, 0.15) is 31.9 Å². The van der Waals surface area contributed by atoms with Gasteiger partial charge in [0.05, 0.1) is 11.4 Å². The Hall–Kier alpha value is -2.16. The quantitative estimate of drug-likeness (QED) is 0.411. The fourth-order valence-corrected chi connectivity index (χ4v) is 3.83. The maximum Gasteiger partial charge on any atom is 0.433 e. The van der Waals surface area contributed by atoms with E-state index in [0.29, 0.717) is 12.1 Å². The zero-order chi connectivity index (χ0) is 20.3. The SMILES string of the molecule is CC1CCCCN1C(=O)CSc1nc(-c2ccc(F)cc2)cc(C(F)(F)F)n1. The molecule has 9 heteroatoms. The van der Waals surface area contributed by atoms with Gasteiger partial charge >= 0.3 is 6.18 Å². The standard InChI is InChI=1S/C19H19F4N3OS/c1-12-4-2-3-9-26(12)17(27)11-28-18-24-15(10-16(25-18)19(21,22)23)13-5-7-14(20)8-6-13/h5-8,10,12H,2-4,9,11H2,1H3. The lowest BCUT2D eigenvalue weighted by atomic mass is 10.0. The van der Waals surface area contributed by atoms with Gasteiger partial charge in [-0.05, 0) is 56.5 Å². The van der Waals surface area contributed by atoms with Crippen molar-refractivity contribution in [3.05, 3.63) is 41.8 Å². The van der Waals surface area contributed by atoms with Crippen LogP contribution < -0.4 is 0 Å². The average molecular weight is 413 g/mol. The fourth-order valence-electron chi connectivity index (χ4n) is 3.08. The second-order valence-corrected chi connectivity index (χ2v) is 7.59. The Morgan fingerprint density at radius 3 is 2.57 bits per heavy atom. The van der Waals surface area contributed by atoms with E-state index in [9.17, 15) is 22.4 Å². The number of aromatic nitrogens is 2. The molecule has 2 heterocycles. The first-order valence-electron chi connectivity index (χ1n) is 8.88. The molecule has 0 radical (unpaired) electrons. The van der Waals surface area contributed by atoms with Crippen molar-refractivity contribution in [2.75, 3.05) is 12.3 Å². The molecule has 3 rings (SSSR count). The molecule has 1 fully saturated rings. The van der Waals surface area contributed by atoms with Crippen molar-refractivity contribution in [1.82, 2.24) is 14.9 Å². The molecule has 28 heavy (non-hydrogen) atoms. The molecular weight excluding hydrogens is 394 g/mol. The molecule has 4 nitrogen and oxygen atoms in total. The van der Waals surface area contributed by atoms with E-state index in [2.05, 4.69) is 9.97 Å². The highest BCUT2D eigenvalue weighted by Crippen LogP contribution is 2.32. The van der Waals surface area contributed by atoms with Gasteiger partial charge in [-0.1, -0.05) is 11.8 Å². The molecule has 0 aliphatic carbocycles. The van der Waals surface area contributed by atoms with Crippen molar-refractivity contribution < 1.29 is 22.4 Å². The van der Waals surface area contributed by atoms with Gasteiger partial charge in [0.15, 0.2) is 5.16 Å². The van der Waals surface area contributed by atoms with E-state index in [1.807, 2.05) is 6.92 Å². The molecule has 2 aromatic rings. The average Bonchev–Trinajstić information content (AvgIpc) is 2.66. The van der Waals surface area contributed by atoms with Crippen molar-refractivity contribution in [3.8, 4) is 11.3 Å². The minimum atomic E-state index is -4.65. The van der Waals surface area contributed by atoms with Gasteiger partial charge in [-0.15, -0.1) is 0 Å². The molecule has 0 bridgehead atoms. The lowest BCUT2D eigenvalue weighted by molar-refractivity contribution is -0.141. The third-order valence-corrected chi connectivity index (χ3v) is 5.42. The van der Waals surface area contributed by atoms with Crippen LogP contribution in [0.2, 0.25) is 0 Å². The number of thioether (sulfide) groups is 1. The topological polar surface area (TPSA) is 46.1 Å². The summed E-state index contributed by atoms with van der Waals surface area (Å²) in [6.07, 6.45) is -1.74. The molecule has 1 aromatic carbocycles. The summed E-state index contributed by atoms with van der Waals surface area (Å²) >= 11 is 0.879. The highest BCUT2D eigenvalue weighted by atomic mass is 32.2. The number of nitrogens with zero attached hydrogens (tertiary/aromatic N) is 3. The molecule has 0 saturated carbocycles. The Bertz CT molecular complexity index is 842. The number of hydrogen-bond acceptors (Lipinski definition) is 4. The molecule has 1 aliphatic heterocycles. The van der Waals surface area contributed by atoms with Gasteiger partial charge < -0.3 is 4.90 Å². The summed E-state index contributed by atoms with van der Waals surface area (Å²) in [6, 6.07) is 5.96. The van der Waals surface area contributed by atoms with Crippen LogP contribution in [0.3, 0.4) is 0 Å². The first-order valence-corrected chi connectivity index (χ1v) is 9.87. The number of carbonyl (C=O) groups excluding carboxylic acids is 1. The van der Waals surface area contributed by atoms with Crippen LogP contribution >= 0.6 is 11.8 Å². The molecule has 0 spiro atoms. The second-order valence-electron chi connectivity index (χ2n) is 6.65. The van der Waals surface area contributed by atoms with Gasteiger partial charge in [-0.3, -0.25) is 4.79 Å². The van der Waals surface area contributed by atoms with Crippen LogP contribution in [0.5, 0.6) is 0 Å². The van der Waals surface area contributed by atoms with E-state index in [1.165, 1.54) is 12.1 Å². The highest BCUT2D eigenvalue weighted by molar-refractivity contribution is 7.99. The highest BCUT2D eigenvalue weighted by Gasteiger charge is 2.34. The molecule has 150 valence electrons. The van der Waals surface area contributed by atoms with Gasteiger partial charge in [-0.25, -0.2) is 14.4 Å². The molecule has 1 amide bonds. The van der Waals surface area contributed by atoms with Gasteiger partial charge in [-0.2, -0.15) is 13.2 Å². The Balaban J connectivity index is 1.82. The predicted molar refractivity (Wildman–Crippen MR) is 98.2 cm³/mol. The Labute approximate surface area is 164 Å². The van der Waals surface area contributed by atoms with Crippen molar-refractivity contribution in [2.45, 2.75) is 43.6 Å². The lowest BCUT2D eigenvalue weighted by Gasteiger charge is -2.33. The van der Waals surface area contributed by atoms with Crippen molar-refractivity contribution in [3.63, 3.8) is 0 Å². The molecule has 1 aliphatic rings. The lowest BCUT2D eigenvalue weighted by Crippen LogP contribution is -2.42. The fraction of sp³-hybridized carbons (Fsp3) is 0.421. The number of carbonyl (C=O) groups is 1. The Kier molecular flexibility index (Phi) is 6.22. The Morgan fingerprint density at radius 2 is 1.93 bits per heavy atom. The summed E-state index contributed by atoms with van der Waals surface area (Å²) in [5.74, 6) is -0.666. The van der Waals surface area contributed by atoms with Crippen molar-refractivity contribution in [2.24, 2.45) is 0 Å².